The largest absolute Gasteiger partial charge is 0.455 e. The van der Waals surface area contributed by atoms with E-state index < -0.39 is 16.7 Å². The van der Waals surface area contributed by atoms with Crippen molar-refractivity contribution in [1.29, 1.82) is 0 Å². The van der Waals surface area contributed by atoms with Gasteiger partial charge in [-0.25, -0.2) is 5.43 Å². The summed E-state index contributed by atoms with van der Waals surface area (Å²) in [5.74, 6) is 0.636. The predicted molar refractivity (Wildman–Crippen MR) is 141 cm³/mol. The summed E-state index contributed by atoms with van der Waals surface area (Å²) < 4.78 is 16.4. The first-order chi connectivity index (χ1) is 19.0. The fourth-order valence-electron chi connectivity index (χ4n) is 3.68. The Morgan fingerprint density at radius 3 is 2.56 bits per heavy atom. The molecule has 1 aliphatic rings. The third kappa shape index (κ3) is 6.00. The van der Waals surface area contributed by atoms with E-state index in [1.165, 1.54) is 24.4 Å². The minimum Gasteiger partial charge on any atom is -0.455 e. The van der Waals surface area contributed by atoms with Crippen LogP contribution in [0.4, 0.5) is 5.69 Å². The third-order valence-corrected chi connectivity index (χ3v) is 5.56. The summed E-state index contributed by atoms with van der Waals surface area (Å²) in [5, 5.41) is 17.6. The van der Waals surface area contributed by atoms with Gasteiger partial charge in [-0.05, 0) is 48.0 Å². The molecule has 194 valence electrons. The van der Waals surface area contributed by atoms with Crippen LogP contribution in [0.25, 0.3) is 17.4 Å². The van der Waals surface area contributed by atoms with Gasteiger partial charge in [-0.2, -0.15) is 5.10 Å². The Kier molecular flexibility index (Phi) is 7.13. The second-order valence-corrected chi connectivity index (χ2v) is 8.20. The summed E-state index contributed by atoms with van der Waals surface area (Å²) in [5.41, 5.74) is 3.73. The number of furan rings is 1. The molecule has 39 heavy (non-hydrogen) atoms. The van der Waals surface area contributed by atoms with Crippen molar-refractivity contribution in [2.24, 2.45) is 5.10 Å². The summed E-state index contributed by atoms with van der Waals surface area (Å²) in [6.45, 7) is 0.102. The lowest BCUT2D eigenvalue weighted by Gasteiger charge is -2.09. The van der Waals surface area contributed by atoms with Crippen LogP contribution in [0, 0.1) is 10.1 Å². The molecule has 0 saturated heterocycles. The number of nitrogens with zero attached hydrogens (tertiary/aromatic N) is 2. The molecular weight excluding hydrogens is 504 g/mol. The highest BCUT2D eigenvalue weighted by Gasteiger charge is 2.17. The Balaban J connectivity index is 1.33. The number of carbonyl (C=O) groups is 2. The van der Waals surface area contributed by atoms with Gasteiger partial charge in [-0.1, -0.05) is 36.4 Å². The van der Waals surface area contributed by atoms with Crippen molar-refractivity contribution in [1.82, 2.24) is 10.7 Å². The summed E-state index contributed by atoms with van der Waals surface area (Å²) >= 11 is 0. The molecule has 2 N–H and O–H groups in total. The lowest BCUT2D eigenvalue weighted by molar-refractivity contribution is -0.384. The van der Waals surface area contributed by atoms with E-state index >= 15 is 0 Å². The minimum absolute atomic E-state index is 0.0587. The van der Waals surface area contributed by atoms with Crippen LogP contribution in [0.1, 0.15) is 21.7 Å². The zero-order chi connectivity index (χ0) is 27.2. The van der Waals surface area contributed by atoms with Crippen LogP contribution in [0.5, 0.6) is 11.5 Å². The number of carbonyl (C=O) groups excluding carboxylic acids is 2. The van der Waals surface area contributed by atoms with Crippen molar-refractivity contribution in [2.75, 3.05) is 6.79 Å². The van der Waals surface area contributed by atoms with E-state index in [9.17, 15) is 19.7 Å². The fourth-order valence-corrected chi connectivity index (χ4v) is 3.68. The van der Waals surface area contributed by atoms with Crippen molar-refractivity contribution < 1.29 is 28.4 Å². The van der Waals surface area contributed by atoms with Gasteiger partial charge in [0.1, 0.15) is 17.2 Å². The van der Waals surface area contributed by atoms with E-state index in [0.29, 0.717) is 39.7 Å². The maximum atomic E-state index is 13.0. The molecule has 11 nitrogen and oxygen atoms in total. The van der Waals surface area contributed by atoms with Crippen LogP contribution in [-0.4, -0.2) is 29.7 Å². The number of rotatable bonds is 8. The topological polar surface area (TPSA) is 145 Å². The number of hydrogen-bond donors (Lipinski definition) is 2. The smallest absolute Gasteiger partial charge is 0.287 e. The van der Waals surface area contributed by atoms with E-state index in [1.807, 2.05) is 0 Å². The molecule has 3 aromatic carbocycles. The molecule has 0 bridgehead atoms. The summed E-state index contributed by atoms with van der Waals surface area (Å²) in [7, 11) is 0. The number of nitro groups is 1. The molecule has 11 heteroatoms. The van der Waals surface area contributed by atoms with Gasteiger partial charge in [0.2, 0.25) is 6.79 Å². The van der Waals surface area contributed by atoms with Gasteiger partial charge in [0.05, 0.1) is 11.1 Å². The number of benzene rings is 3. The zero-order valence-corrected chi connectivity index (χ0v) is 20.2. The number of amides is 2. The van der Waals surface area contributed by atoms with Crippen LogP contribution in [0.2, 0.25) is 0 Å². The molecule has 0 aliphatic carbocycles. The number of non-ortho nitro benzene ring substituents is 1. The number of hydrazone groups is 1. The van der Waals surface area contributed by atoms with E-state index in [4.69, 9.17) is 13.9 Å². The molecule has 2 heterocycles. The van der Waals surface area contributed by atoms with Crippen LogP contribution < -0.4 is 20.2 Å². The SMILES string of the molecule is O=C(NN=Cc1ccc(-c2cccc([N+](=O)[O-])c2)o1)C(=Cc1ccc2c(c1)OCO2)NC(=O)c1ccccc1. The lowest BCUT2D eigenvalue weighted by Crippen LogP contribution is -2.32. The summed E-state index contributed by atoms with van der Waals surface area (Å²) in [4.78, 5) is 36.3. The average molecular weight is 524 g/mol. The Hall–Kier alpha value is -5.71. The molecule has 0 fully saturated rings. The van der Waals surface area contributed by atoms with Crippen LogP contribution in [0.15, 0.2) is 100 Å². The van der Waals surface area contributed by atoms with E-state index in [1.54, 1.807) is 72.8 Å². The normalized spacial score (nSPS) is 12.4. The Bertz CT molecular complexity index is 1610. The van der Waals surface area contributed by atoms with Gasteiger partial charge >= 0.3 is 0 Å². The Labute approximate surface area is 221 Å². The predicted octanol–water partition coefficient (Wildman–Crippen LogP) is 4.50. The Morgan fingerprint density at radius 1 is 0.923 bits per heavy atom. The van der Waals surface area contributed by atoms with Crippen molar-refractivity contribution in [2.45, 2.75) is 0 Å². The van der Waals surface area contributed by atoms with Gasteiger partial charge in [0, 0.05) is 23.3 Å². The first-order valence-corrected chi connectivity index (χ1v) is 11.6. The molecule has 0 atom stereocenters. The van der Waals surface area contributed by atoms with Gasteiger partial charge in [-0.3, -0.25) is 19.7 Å². The molecule has 1 aromatic heterocycles. The molecule has 5 rings (SSSR count). The Morgan fingerprint density at radius 2 is 1.74 bits per heavy atom. The highest BCUT2D eigenvalue weighted by atomic mass is 16.7. The quantitative estimate of drug-likeness (QED) is 0.149. The van der Waals surface area contributed by atoms with Crippen LogP contribution in [0.3, 0.4) is 0 Å². The minimum atomic E-state index is -0.682. The maximum absolute atomic E-state index is 13.0. The number of nitrogens with one attached hydrogen (secondary N) is 2. The molecule has 0 radical (unpaired) electrons. The van der Waals surface area contributed by atoms with Gasteiger partial charge in [0.25, 0.3) is 17.5 Å². The molecule has 0 saturated carbocycles. The van der Waals surface area contributed by atoms with Crippen molar-refractivity contribution in [3.8, 4) is 22.8 Å². The first kappa shape index (κ1) is 25.0. The lowest BCUT2D eigenvalue weighted by atomic mass is 10.1. The van der Waals surface area contributed by atoms with Crippen LogP contribution in [-0.2, 0) is 4.79 Å². The average Bonchev–Trinajstić information content (AvgIpc) is 3.63. The zero-order valence-electron chi connectivity index (χ0n) is 20.2. The first-order valence-electron chi connectivity index (χ1n) is 11.6. The number of nitro benzene ring substituents is 1. The molecule has 0 spiro atoms. The highest BCUT2D eigenvalue weighted by molar-refractivity contribution is 6.05. The molecule has 4 aromatic rings. The van der Waals surface area contributed by atoms with E-state index in [-0.39, 0.29) is 18.2 Å². The second kappa shape index (κ2) is 11.1. The van der Waals surface area contributed by atoms with Crippen molar-refractivity contribution in [3.05, 3.63) is 118 Å². The van der Waals surface area contributed by atoms with E-state index in [0.717, 1.165) is 0 Å². The van der Waals surface area contributed by atoms with Gasteiger partial charge < -0.3 is 19.2 Å². The fraction of sp³-hybridized carbons (Fsp3) is 0.0357. The monoisotopic (exact) mass is 524 g/mol. The molecule has 2 amide bonds. The van der Waals surface area contributed by atoms with E-state index in [2.05, 4.69) is 15.8 Å². The summed E-state index contributed by atoms with van der Waals surface area (Å²) in [6, 6.07) is 22.8. The molecule has 0 unspecified atom stereocenters. The molecular formula is C28H20N4O7. The standard InChI is InChI=1S/C28H20N4O7/c33-27(19-5-2-1-3-6-19)30-23(13-18-9-11-25-26(14-18)38-17-37-25)28(34)31-29-16-22-10-12-24(39-22)20-7-4-8-21(15-20)32(35)36/h1-16H,17H2,(H,30,33)(H,31,34). The number of hydrogen-bond acceptors (Lipinski definition) is 8. The van der Waals surface area contributed by atoms with Gasteiger partial charge in [0.15, 0.2) is 11.5 Å². The van der Waals surface area contributed by atoms with Crippen molar-refractivity contribution >= 4 is 29.8 Å². The highest BCUT2D eigenvalue weighted by Crippen LogP contribution is 2.33. The van der Waals surface area contributed by atoms with Gasteiger partial charge in [-0.15, -0.1) is 0 Å². The third-order valence-electron chi connectivity index (χ3n) is 5.56. The van der Waals surface area contributed by atoms with Crippen LogP contribution >= 0.6 is 0 Å². The number of fused-ring (bicyclic) bond motifs is 1. The summed E-state index contributed by atoms with van der Waals surface area (Å²) in [6.07, 6.45) is 2.76. The van der Waals surface area contributed by atoms with Crippen molar-refractivity contribution in [3.63, 3.8) is 0 Å². The second-order valence-electron chi connectivity index (χ2n) is 8.20. The number of ether oxygens (including phenoxy) is 2. The maximum Gasteiger partial charge on any atom is 0.287 e. The molecule has 1 aliphatic heterocycles.